The maximum absolute atomic E-state index is 11.2. The molecule has 1 heterocycles. The molecule has 0 amide bonds. The zero-order valence-electron chi connectivity index (χ0n) is 10.9. The van der Waals surface area contributed by atoms with Crippen molar-refractivity contribution in [1.82, 2.24) is 4.57 Å². The molecule has 0 atom stereocenters. The van der Waals surface area contributed by atoms with E-state index >= 15 is 0 Å². The minimum Gasteiger partial charge on any atom is -0.326 e. The number of hydrogen-bond donors (Lipinski definition) is 0. The van der Waals surface area contributed by atoms with Crippen molar-refractivity contribution < 1.29 is 4.79 Å². The SMILES string of the molecule is O=Cc1cc2ccccc2n1CC#Cc1ccccc1. The van der Waals surface area contributed by atoms with Crippen LogP contribution in [0.3, 0.4) is 0 Å². The highest BCUT2D eigenvalue weighted by atomic mass is 16.1. The highest BCUT2D eigenvalue weighted by Crippen LogP contribution is 2.18. The average Bonchev–Trinajstić information content (AvgIpc) is 2.87. The van der Waals surface area contributed by atoms with Crippen LogP contribution in [0.25, 0.3) is 10.9 Å². The van der Waals surface area contributed by atoms with Crippen LogP contribution >= 0.6 is 0 Å². The molecule has 0 aliphatic carbocycles. The van der Waals surface area contributed by atoms with Gasteiger partial charge in [0, 0.05) is 16.5 Å². The highest BCUT2D eigenvalue weighted by Gasteiger charge is 2.05. The van der Waals surface area contributed by atoms with E-state index in [1.54, 1.807) is 0 Å². The van der Waals surface area contributed by atoms with E-state index in [-0.39, 0.29) is 0 Å². The lowest BCUT2D eigenvalue weighted by atomic mass is 10.2. The lowest BCUT2D eigenvalue weighted by Crippen LogP contribution is -2.00. The van der Waals surface area contributed by atoms with E-state index in [9.17, 15) is 4.79 Å². The molecule has 0 bridgehead atoms. The van der Waals surface area contributed by atoms with Gasteiger partial charge >= 0.3 is 0 Å². The molecular weight excluding hydrogens is 246 g/mol. The van der Waals surface area contributed by atoms with Gasteiger partial charge in [0.1, 0.15) is 0 Å². The number of aromatic nitrogens is 1. The second kappa shape index (κ2) is 5.46. The smallest absolute Gasteiger partial charge is 0.166 e. The lowest BCUT2D eigenvalue weighted by Gasteiger charge is -2.01. The highest BCUT2D eigenvalue weighted by molar-refractivity contribution is 5.88. The molecule has 96 valence electrons. The van der Waals surface area contributed by atoms with Crippen LogP contribution in [0.2, 0.25) is 0 Å². The van der Waals surface area contributed by atoms with E-state index in [0.29, 0.717) is 12.2 Å². The Bertz CT molecular complexity index is 804. The van der Waals surface area contributed by atoms with E-state index in [1.165, 1.54) is 0 Å². The molecule has 3 rings (SSSR count). The predicted molar refractivity (Wildman–Crippen MR) is 80.6 cm³/mol. The number of benzene rings is 2. The molecule has 0 spiro atoms. The molecule has 0 radical (unpaired) electrons. The number of rotatable bonds is 2. The quantitative estimate of drug-likeness (QED) is 0.510. The second-order valence-corrected chi connectivity index (χ2v) is 4.50. The van der Waals surface area contributed by atoms with Gasteiger partial charge < -0.3 is 4.57 Å². The van der Waals surface area contributed by atoms with Crippen LogP contribution in [0.5, 0.6) is 0 Å². The van der Waals surface area contributed by atoms with E-state index in [1.807, 2.05) is 65.2 Å². The molecule has 20 heavy (non-hydrogen) atoms. The summed E-state index contributed by atoms with van der Waals surface area (Å²) >= 11 is 0. The van der Waals surface area contributed by atoms with Crippen molar-refractivity contribution in [3.05, 3.63) is 71.9 Å². The van der Waals surface area contributed by atoms with Crippen molar-refractivity contribution in [1.29, 1.82) is 0 Å². The van der Waals surface area contributed by atoms with Gasteiger partial charge in [-0.1, -0.05) is 48.2 Å². The fourth-order valence-corrected chi connectivity index (χ4v) is 2.25. The summed E-state index contributed by atoms with van der Waals surface area (Å²) in [6, 6.07) is 19.7. The summed E-state index contributed by atoms with van der Waals surface area (Å²) < 4.78 is 1.94. The van der Waals surface area contributed by atoms with Crippen molar-refractivity contribution in [3.63, 3.8) is 0 Å². The molecule has 0 saturated carbocycles. The maximum Gasteiger partial charge on any atom is 0.166 e. The van der Waals surface area contributed by atoms with Crippen LogP contribution in [-0.2, 0) is 6.54 Å². The second-order valence-electron chi connectivity index (χ2n) is 4.50. The predicted octanol–water partition coefficient (Wildman–Crippen LogP) is 3.51. The van der Waals surface area contributed by atoms with Gasteiger partial charge in [-0.25, -0.2) is 0 Å². The first-order valence-corrected chi connectivity index (χ1v) is 6.46. The first-order chi connectivity index (χ1) is 9.88. The molecule has 2 aromatic carbocycles. The molecule has 3 aromatic rings. The maximum atomic E-state index is 11.2. The Morgan fingerprint density at radius 1 is 1.00 bits per heavy atom. The van der Waals surface area contributed by atoms with Gasteiger partial charge in [-0.2, -0.15) is 0 Å². The molecule has 0 saturated heterocycles. The van der Waals surface area contributed by atoms with Gasteiger partial charge in [0.25, 0.3) is 0 Å². The third-order valence-electron chi connectivity index (χ3n) is 3.21. The number of hydrogen-bond acceptors (Lipinski definition) is 1. The molecule has 0 fully saturated rings. The fourth-order valence-electron chi connectivity index (χ4n) is 2.25. The molecule has 0 aliphatic heterocycles. The summed E-state index contributed by atoms with van der Waals surface area (Å²) in [6.45, 7) is 0.510. The number of nitrogens with zero attached hydrogens (tertiary/aromatic N) is 1. The van der Waals surface area contributed by atoms with Crippen molar-refractivity contribution in [2.24, 2.45) is 0 Å². The number of carbonyl (C=O) groups is 1. The number of para-hydroxylation sites is 1. The Morgan fingerprint density at radius 3 is 2.55 bits per heavy atom. The zero-order chi connectivity index (χ0) is 13.8. The first kappa shape index (κ1) is 12.3. The molecule has 0 unspecified atom stereocenters. The summed E-state index contributed by atoms with van der Waals surface area (Å²) in [6.07, 6.45) is 0.879. The van der Waals surface area contributed by atoms with Gasteiger partial charge in [-0.3, -0.25) is 4.79 Å². The molecule has 1 aromatic heterocycles. The van der Waals surface area contributed by atoms with Crippen LogP contribution in [-0.4, -0.2) is 10.9 Å². The standard InChI is InChI=1S/C18H13NO/c20-14-17-13-16-10-4-5-11-18(16)19(17)12-6-9-15-7-2-1-3-8-15/h1-5,7-8,10-11,13-14H,12H2. The largest absolute Gasteiger partial charge is 0.326 e. The van der Waals surface area contributed by atoms with Crippen molar-refractivity contribution in [3.8, 4) is 11.8 Å². The molecule has 2 heteroatoms. The Hall–Kier alpha value is -2.79. The van der Waals surface area contributed by atoms with Crippen LogP contribution in [0.1, 0.15) is 16.1 Å². The van der Waals surface area contributed by atoms with Gasteiger partial charge in [-0.15, -0.1) is 0 Å². The van der Waals surface area contributed by atoms with Crippen molar-refractivity contribution in [2.45, 2.75) is 6.54 Å². The summed E-state index contributed by atoms with van der Waals surface area (Å²) in [4.78, 5) is 11.2. The number of fused-ring (bicyclic) bond motifs is 1. The minimum atomic E-state index is 0.510. The normalized spacial score (nSPS) is 10.0. The van der Waals surface area contributed by atoms with Crippen molar-refractivity contribution in [2.75, 3.05) is 0 Å². The van der Waals surface area contributed by atoms with E-state index in [2.05, 4.69) is 11.8 Å². The molecule has 0 aliphatic rings. The number of carbonyl (C=O) groups excluding carboxylic acids is 1. The van der Waals surface area contributed by atoms with Gasteiger partial charge in [-0.05, 0) is 24.3 Å². The summed E-state index contributed by atoms with van der Waals surface area (Å²) in [7, 11) is 0. The third-order valence-corrected chi connectivity index (χ3v) is 3.21. The van der Waals surface area contributed by atoms with Crippen LogP contribution in [0, 0.1) is 11.8 Å². The minimum absolute atomic E-state index is 0.510. The van der Waals surface area contributed by atoms with Crippen LogP contribution in [0.4, 0.5) is 0 Å². The van der Waals surface area contributed by atoms with E-state index < -0.39 is 0 Å². The molecule has 2 nitrogen and oxygen atoms in total. The van der Waals surface area contributed by atoms with Gasteiger partial charge in [0.15, 0.2) is 6.29 Å². The monoisotopic (exact) mass is 259 g/mol. The van der Waals surface area contributed by atoms with E-state index in [4.69, 9.17) is 0 Å². The van der Waals surface area contributed by atoms with E-state index in [0.717, 1.165) is 22.8 Å². The van der Waals surface area contributed by atoms with Gasteiger partial charge in [0.2, 0.25) is 0 Å². The Kier molecular flexibility index (Phi) is 3.34. The Labute approximate surface area is 117 Å². The van der Waals surface area contributed by atoms with Crippen LogP contribution < -0.4 is 0 Å². The Morgan fingerprint density at radius 2 is 1.75 bits per heavy atom. The fraction of sp³-hybridized carbons (Fsp3) is 0.0556. The first-order valence-electron chi connectivity index (χ1n) is 6.46. The molecular formula is C18H13NO. The van der Waals surface area contributed by atoms with Crippen LogP contribution in [0.15, 0.2) is 60.7 Å². The Balaban J connectivity index is 1.95. The zero-order valence-corrected chi connectivity index (χ0v) is 10.9. The average molecular weight is 259 g/mol. The third kappa shape index (κ3) is 2.34. The van der Waals surface area contributed by atoms with Gasteiger partial charge in [0.05, 0.1) is 12.2 Å². The lowest BCUT2D eigenvalue weighted by molar-refractivity contribution is 0.111. The summed E-state index contributed by atoms with van der Waals surface area (Å²) in [5.74, 6) is 6.24. The topological polar surface area (TPSA) is 22.0 Å². The summed E-state index contributed by atoms with van der Waals surface area (Å²) in [5, 5.41) is 1.07. The molecule has 0 N–H and O–H groups in total. The number of aldehydes is 1. The van der Waals surface area contributed by atoms with Crippen molar-refractivity contribution >= 4 is 17.2 Å². The summed E-state index contributed by atoms with van der Waals surface area (Å²) in [5.41, 5.74) is 2.68.